The number of rotatable bonds is 7. The molecule has 1 fully saturated rings. The van der Waals surface area contributed by atoms with Crippen molar-refractivity contribution in [2.24, 2.45) is 5.73 Å². The van der Waals surface area contributed by atoms with Crippen molar-refractivity contribution in [3.05, 3.63) is 0 Å². The van der Waals surface area contributed by atoms with Crippen molar-refractivity contribution in [1.82, 2.24) is 10.2 Å². The fourth-order valence-corrected chi connectivity index (χ4v) is 2.79. The second-order valence-corrected chi connectivity index (χ2v) is 5.75. The maximum Gasteiger partial charge on any atom is 0.237 e. The minimum absolute atomic E-state index is 0.249. The molecule has 18 heavy (non-hydrogen) atoms. The fourth-order valence-electron chi connectivity index (χ4n) is 2.79. The molecule has 4 heteroatoms. The Morgan fingerprint density at radius 3 is 2.50 bits per heavy atom. The number of nitrogens with one attached hydrogen (secondary N) is 1. The Bertz CT molecular complexity index is 264. The van der Waals surface area contributed by atoms with Crippen LogP contribution in [0, 0.1) is 0 Å². The number of nitrogens with zero attached hydrogens (tertiary/aromatic N) is 1. The van der Waals surface area contributed by atoms with Crippen LogP contribution in [0.15, 0.2) is 0 Å². The van der Waals surface area contributed by atoms with Gasteiger partial charge in [0.2, 0.25) is 5.91 Å². The summed E-state index contributed by atoms with van der Waals surface area (Å²) in [6, 6.07) is 0.692. The molecule has 0 aromatic carbocycles. The van der Waals surface area contributed by atoms with E-state index in [4.69, 9.17) is 5.73 Å². The molecule has 0 bridgehead atoms. The summed E-state index contributed by atoms with van der Waals surface area (Å²) in [6.45, 7) is 5.61. The van der Waals surface area contributed by atoms with Gasteiger partial charge in [0.15, 0.2) is 0 Å². The van der Waals surface area contributed by atoms with Gasteiger partial charge in [-0.15, -0.1) is 0 Å². The third-order valence-electron chi connectivity index (χ3n) is 4.27. The monoisotopic (exact) mass is 255 g/mol. The molecule has 0 aromatic rings. The summed E-state index contributed by atoms with van der Waals surface area (Å²) in [5, 5.41) is 3.22. The first-order valence-corrected chi connectivity index (χ1v) is 7.25. The van der Waals surface area contributed by atoms with Crippen LogP contribution in [0.5, 0.6) is 0 Å². The van der Waals surface area contributed by atoms with E-state index in [9.17, 15) is 4.79 Å². The zero-order chi connectivity index (χ0) is 13.6. The minimum atomic E-state index is -0.572. The Kier molecular flexibility index (Phi) is 6.09. The van der Waals surface area contributed by atoms with E-state index >= 15 is 0 Å². The molecule has 0 saturated heterocycles. The largest absolute Gasteiger partial charge is 0.368 e. The number of primary amides is 1. The Labute approximate surface area is 111 Å². The summed E-state index contributed by atoms with van der Waals surface area (Å²) in [4.78, 5) is 13.9. The first kappa shape index (κ1) is 15.4. The molecule has 0 aromatic heterocycles. The molecule has 1 unspecified atom stereocenters. The van der Waals surface area contributed by atoms with Gasteiger partial charge in [-0.05, 0) is 39.8 Å². The molecule has 0 heterocycles. The van der Waals surface area contributed by atoms with Gasteiger partial charge in [-0.3, -0.25) is 4.79 Å². The second kappa shape index (κ2) is 7.10. The molecule has 4 nitrogen and oxygen atoms in total. The summed E-state index contributed by atoms with van der Waals surface area (Å²) in [5.74, 6) is -0.249. The predicted octanol–water partition coefficient (Wildman–Crippen LogP) is 1.49. The Morgan fingerprint density at radius 1 is 1.39 bits per heavy atom. The average Bonchev–Trinajstić information content (AvgIpc) is 2.37. The quantitative estimate of drug-likeness (QED) is 0.725. The highest BCUT2D eigenvalue weighted by Gasteiger charge is 2.30. The van der Waals surface area contributed by atoms with E-state index in [1.165, 1.54) is 32.1 Å². The Hall–Kier alpha value is -0.610. The predicted molar refractivity (Wildman–Crippen MR) is 75.4 cm³/mol. The van der Waals surface area contributed by atoms with Crippen molar-refractivity contribution in [3.8, 4) is 0 Å². The van der Waals surface area contributed by atoms with Gasteiger partial charge in [0.05, 0.1) is 5.54 Å². The van der Waals surface area contributed by atoms with Gasteiger partial charge in [0, 0.05) is 12.6 Å². The number of hydrogen-bond donors (Lipinski definition) is 2. The van der Waals surface area contributed by atoms with Crippen molar-refractivity contribution < 1.29 is 4.79 Å². The smallest absolute Gasteiger partial charge is 0.237 e. The second-order valence-electron chi connectivity index (χ2n) is 5.75. The van der Waals surface area contributed by atoms with Crippen molar-refractivity contribution in [1.29, 1.82) is 0 Å². The minimum Gasteiger partial charge on any atom is -0.368 e. The summed E-state index contributed by atoms with van der Waals surface area (Å²) in [5.41, 5.74) is 4.93. The van der Waals surface area contributed by atoms with Crippen LogP contribution < -0.4 is 11.1 Å². The van der Waals surface area contributed by atoms with E-state index in [1.54, 1.807) is 0 Å². The fraction of sp³-hybridized carbons (Fsp3) is 0.929. The summed E-state index contributed by atoms with van der Waals surface area (Å²) >= 11 is 0. The SMILES string of the molecule is CCNC(C)(CCN(C)C1CCCCC1)C(N)=O. The zero-order valence-corrected chi connectivity index (χ0v) is 12.2. The highest BCUT2D eigenvalue weighted by atomic mass is 16.1. The number of nitrogens with two attached hydrogens (primary N) is 1. The van der Waals surface area contributed by atoms with Crippen LogP contribution in [0.3, 0.4) is 0 Å². The zero-order valence-electron chi connectivity index (χ0n) is 12.2. The Balaban J connectivity index is 2.43. The van der Waals surface area contributed by atoms with Gasteiger partial charge in [0.1, 0.15) is 0 Å². The van der Waals surface area contributed by atoms with Crippen LogP contribution >= 0.6 is 0 Å². The first-order chi connectivity index (χ1) is 8.49. The lowest BCUT2D eigenvalue weighted by Gasteiger charge is -2.34. The van der Waals surface area contributed by atoms with Crippen LogP contribution in [-0.2, 0) is 4.79 Å². The van der Waals surface area contributed by atoms with Gasteiger partial charge >= 0.3 is 0 Å². The van der Waals surface area contributed by atoms with Crippen molar-refractivity contribution in [3.63, 3.8) is 0 Å². The molecular formula is C14H29N3O. The topological polar surface area (TPSA) is 58.4 Å². The van der Waals surface area contributed by atoms with Crippen LogP contribution in [0.2, 0.25) is 0 Å². The van der Waals surface area contributed by atoms with Crippen molar-refractivity contribution >= 4 is 5.91 Å². The molecular weight excluding hydrogens is 226 g/mol. The van der Waals surface area contributed by atoms with Gasteiger partial charge in [-0.2, -0.15) is 0 Å². The Morgan fingerprint density at radius 2 is 2.00 bits per heavy atom. The summed E-state index contributed by atoms with van der Waals surface area (Å²) in [7, 11) is 2.17. The molecule has 106 valence electrons. The first-order valence-electron chi connectivity index (χ1n) is 7.25. The third kappa shape index (κ3) is 4.25. The van der Waals surface area contributed by atoms with E-state index in [-0.39, 0.29) is 5.91 Å². The van der Waals surface area contributed by atoms with Crippen molar-refractivity contribution in [2.45, 2.75) is 64.0 Å². The molecule has 1 rings (SSSR count). The number of amides is 1. The van der Waals surface area contributed by atoms with Crippen molar-refractivity contribution in [2.75, 3.05) is 20.1 Å². The molecule has 3 N–H and O–H groups in total. The number of carbonyl (C=O) groups excluding carboxylic acids is 1. The molecule has 0 aliphatic heterocycles. The highest BCUT2D eigenvalue weighted by molar-refractivity contribution is 5.84. The number of hydrogen-bond acceptors (Lipinski definition) is 3. The normalized spacial score (nSPS) is 20.9. The van der Waals surface area contributed by atoms with E-state index in [1.807, 2.05) is 13.8 Å². The van der Waals surface area contributed by atoms with Crippen LogP contribution in [0.25, 0.3) is 0 Å². The average molecular weight is 255 g/mol. The molecule has 0 spiro atoms. The highest BCUT2D eigenvalue weighted by Crippen LogP contribution is 2.22. The number of carbonyl (C=O) groups is 1. The van der Waals surface area contributed by atoms with Gasteiger partial charge in [0.25, 0.3) is 0 Å². The molecule has 1 amide bonds. The molecule has 0 radical (unpaired) electrons. The van der Waals surface area contributed by atoms with Crippen LogP contribution in [0.1, 0.15) is 52.4 Å². The summed E-state index contributed by atoms with van der Waals surface area (Å²) < 4.78 is 0. The van der Waals surface area contributed by atoms with E-state index in [0.717, 1.165) is 19.5 Å². The lowest BCUT2D eigenvalue weighted by Crippen LogP contribution is -2.54. The van der Waals surface area contributed by atoms with Gasteiger partial charge < -0.3 is 16.0 Å². The van der Waals surface area contributed by atoms with E-state index in [0.29, 0.717) is 6.04 Å². The van der Waals surface area contributed by atoms with E-state index in [2.05, 4.69) is 17.3 Å². The molecule has 1 atom stereocenters. The molecule has 1 aliphatic rings. The lowest BCUT2D eigenvalue weighted by molar-refractivity contribution is -0.124. The van der Waals surface area contributed by atoms with Crippen LogP contribution in [0.4, 0.5) is 0 Å². The van der Waals surface area contributed by atoms with E-state index < -0.39 is 5.54 Å². The standard InChI is InChI=1S/C14H29N3O/c1-4-16-14(2,13(15)18)10-11-17(3)12-8-6-5-7-9-12/h12,16H,4-11H2,1-3H3,(H2,15,18). The van der Waals surface area contributed by atoms with Crippen LogP contribution in [-0.4, -0.2) is 42.5 Å². The maximum atomic E-state index is 11.5. The molecule has 1 aliphatic carbocycles. The number of likely N-dealkylation sites (N-methyl/N-ethyl adjacent to an activating group) is 1. The summed E-state index contributed by atoms with van der Waals surface area (Å²) in [6.07, 6.45) is 7.44. The third-order valence-corrected chi connectivity index (χ3v) is 4.27. The maximum absolute atomic E-state index is 11.5. The molecule has 1 saturated carbocycles. The van der Waals surface area contributed by atoms with Gasteiger partial charge in [-0.1, -0.05) is 26.2 Å². The lowest BCUT2D eigenvalue weighted by atomic mass is 9.92. The van der Waals surface area contributed by atoms with Gasteiger partial charge in [-0.25, -0.2) is 0 Å².